The average Bonchev–Trinajstić information content (AvgIpc) is 2.82. The first-order valence-corrected chi connectivity index (χ1v) is 12.4. The molecule has 34 heavy (non-hydrogen) atoms. The average molecular weight is 498 g/mol. The van der Waals surface area contributed by atoms with Gasteiger partial charge in [-0.05, 0) is 48.4 Å². The quantitative estimate of drug-likeness (QED) is 0.440. The van der Waals surface area contributed by atoms with E-state index in [0.717, 1.165) is 15.4 Å². The fraction of sp³-hybridized carbons (Fsp3) is 0.200. The molecule has 3 rings (SSSR count). The van der Waals surface area contributed by atoms with Crippen molar-refractivity contribution in [2.75, 3.05) is 18.5 Å². The number of nitrogens with zero attached hydrogens (tertiary/aromatic N) is 2. The molecule has 0 atom stereocenters. The number of benzene rings is 3. The first-order valence-electron chi connectivity index (χ1n) is 10.6. The highest BCUT2D eigenvalue weighted by Gasteiger charge is 2.28. The van der Waals surface area contributed by atoms with E-state index in [0.29, 0.717) is 18.0 Å². The number of rotatable bonds is 10. The highest BCUT2D eigenvalue weighted by Crippen LogP contribution is 2.29. The number of carbonyl (C=O) groups is 1. The molecule has 3 aromatic rings. The molecule has 0 bridgehead atoms. The Labute approximate surface area is 204 Å². The van der Waals surface area contributed by atoms with Gasteiger partial charge in [-0.1, -0.05) is 54.1 Å². The number of carbonyl (C=O) groups excluding carboxylic acids is 1. The van der Waals surface area contributed by atoms with Gasteiger partial charge in [0.1, 0.15) is 5.75 Å². The van der Waals surface area contributed by atoms with Gasteiger partial charge in [-0.2, -0.15) is 9.57 Å². The van der Waals surface area contributed by atoms with Gasteiger partial charge in [0, 0.05) is 12.2 Å². The first-order chi connectivity index (χ1) is 16.3. The van der Waals surface area contributed by atoms with Crippen molar-refractivity contribution in [2.45, 2.75) is 24.8 Å². The van der Waals surface area contributed by atoms with Gasteiger partial charge in [0.2, 0.25) is 15.9 Å². The Morgan fingerprint density at radius 3 is 2.38 bits per heavy atom. The zero-order chi connectivity index (χ0) is 24.6. The minimum atomic E-state index is -4.06. The third-order valence-corrected chi connectivity index (χ3v) is 6.97. The van der Waals surface area contributed by atoms with E-state index in [1.165, 1.54) is 18.2 Å². The van der Waals surface area contributed by atoms with Crippen LogP contribution in [0.3, 0.4) is 0 Å². The van der Waals surface area contributed by atoms with E-state index in [2.05, 4.69) is 11.4 Å². The second-order valence-corrected chi connectivity index (χ2v) is 9.71. The Morgan fingerprint density at radius 2 is 1.76 bits per heavy atom. The summed E-state index contributed by atoms with van der Waals surface area (Å²) in [5.41, 5.74) is 2.06. The van der Waals surface area contributed by atoms with Gasteiger partial charge in [-0.3, -0.25) is 4.79 Å². The van der Waals surface area contributed by atoms with Gasteiger partial charge < -0.3 is 10.1 Å². The Bertz CT molecular complexity index is 1270. The maximum Gasteiger partial charge on any atom is 0.243 e. The normalized spacial score (nSPS) is 11.1. The summed E-state index contributed by atoms with van der Waals surface area (Å²) in [6.45, 7) is 1.80. The van der Waals surface area contributed by atoms with Crippen LogP contribution in [0, 0.1) is 11.3 Å². The summed E-state index contributed by atoms with van der Waals surface area (Å²) in [5, 5.41) is 11.7. The summed E-state index contributed by atoms with van der Waals surface area (Å²) in [4.78, 5) is 12.8. The summed E-state index contributed by atoms with van der Waals surface area (Å²) in [6.07, 6.45) is 0.266. The van der Waals surface area contributed by atoms with Crippen LogP contribution in [-0.2, 0) is 27.8 Å². The lowest BCUT2D eigenvalue weighted by Gasteiger charge is -2.22. The fourth-order valence-corrected chi connectivity index (χ4v) is 4.95. The van der Waals surface area contributed by atoms with Gasteiger partial charge >= 0.3 is 0 Å². The van der Waals surface area contributed by atoms with Crippen molar-refractivity contribution in [1.29, 1.82) is 5.26 Å². The molecule has 1 amide bonds. The van der Waals surface area contributed by atoms with Crippen molar-refractivity contribution in [3.05, 3.63) is 88.9 Å². The molecule has 0 aliphatic rings. The van der Waals surface area contributed by atoms with E-state index in [1.54, 1.807) is 55.5 Å². The number of sulfonamides is 1. The Balaban J connectivity index is 1.85. The van der Waals surface area contributed by atoms with Crippen LogP contribution < -0.4 is 10.1 Å². The van der Waals surface area contributed by atoms with Crippen molar-refractivity contribution in [3.8, 4) is 11.8 Å². The number of amides is 1. The number of hydrogen-bond acceptors (Lipinski definition) is 5. The fourth-order valence-electron chi connectivity index (χ4n) is 3.23. The zero-order valence-electron chi connectivity index (χ0n) is 18.6. The molecular weight excluding hydrogens is 474 g/mol. The number of nitrogens with one attached hydrogen (secondary N) is 1. The van der Waals surface area contributed by atoms with Crippen molar-refractivity contribution in [3.63, 3.8) is 0 Å². The third-order valence-electron chi connectivity index (χ3n) is 4.88. The molecule has 0 spiro atoms. The SMILES string of the molecule is CCOc1ccc(S(=O)(=O)N(CC(=O)Nc2ccc(CC#N)cc2)Cc2ccccc2)cc1Cl. The molecule has 176 valence electrons. The minimum absolute atomic E-state index is 0.00251. The van der Waals surface area contributed by atoms with Gasteiger partial charge in [-0.25, -0.2) is 8.42 Å². The first kappa shape index (κ1) is 25.2. The predicted molar refractivity (Wildman–Crippen MR) is 131 cm³/mol. The monoisotopic (exact) mass is 497 g/mol. The van der Waals surface area contributed by atoms with Crippen molar-refractivity contribution >= 4 is 33.2 Å². The van der Waals surface area contributed by atoms with Crippen LogP contribution in [0.25, 0.3) is 0 Å². The molecule has 3 aromatic carbocycles. The standard InChI is InChI=1S/C25H24ClN3O4S/c1-2-33-24-13-12-22(16-23(24)26)34(31,32)29(17-20-6-4-3-5-7-20)18-25(30)28-21-10-8-19(9-11-21)14-15-27/h3-13,16H,2,14,17-18H2,1H3,(H,28,30). The lowest BCUT2D eigenvalue weighted by Crippen LogP contribution is -2.37. The molecular formula is C25H24ClN3O4S. The lowest BCUT2D eigenvalue weighted by molar-refractivity contribution is -0.116. The third kappa shape index (κ3) is 6.58. The maximum absolute atomic E-state index is 13.5. The van der Waals surface area contributed by atoms with Crippen molar-refractivity contribution in [2.24, 2.45) is 0 Å². The molecule has 0 radical (unpaired) electrons. The van der Waals surface area contributed by atoms with Crippen LogP contribution in [-0.4, -0.2) is 31.8 Å². The summed E-state index contributed by atoms with van der Waals surface area (Å²) in [7, 11) is -4.06. The van der Waals surface area contributed by atoms with Crippen LogP contribution in [0.4, 0.5) is 5.69 Å². The minimum Gasteiger partial charge on any atom is -0.492 e. The summed E-state index contributed by atoms with van der Waals surface area (Å²) in [5.74, 6) is -0.111. The molecule has 0 aromatic heterocycles. The summed E-state index contributed by atoms with van der Waals surface area (Å²) in [6, 6.07) is 22.1. The maximum atomic E-state index is 13.5. The second-order valence-electron chi connectivity index (χ2n) is 7.36. The van der Waals surface area contributed by atoms with Crippen LogP contribution in [0.5, 0.6) is 5.75 Å². The predicted octanol–water partition coefficient (Wildman–Crippen LogP) is 4.63. The van der Waals surface area contributed by atoms with E-state index in [-0.39, 0.29) is 22.9 Å². The Kier molecular flexibility index (Phi) is 8.66. The van der Waals surface area contributed by atoms with Crippen LogP contribution in [0.15, 0.2) is 77.7 Å². The Morgan fingerprint density at radius 1 is 1.06 bits per heavy atom. The molecule has 1 N–H and O–H groups in total. The molecule has 0 aliphatic heterocycles. The number of nitriles is 1. The van der Waals surface area contributed by atoms with E-state index >= 15 is 0 Å². The smallest absolute Gasteiger partial charge is 0.243 e. The molecule has 0 saturated heterocycles. The van der Waals surface area contributed by atoms with Gasteiger partial charge in [0.05, 0.1) is 35.6 Å². The highest BCUT2D eigenvalue weighted by molar-refractivity contribution is 7.89. The van der Waals surface area contributed by atoms with Crippen LogP contribution >= 0.6 is 11.6 Å². The van der Waals surface area contributed by atoms with Gasteiger partial charge in [0.15, 0.2) is 0 Å². The Hall–Kier alpha value is -3.38. The zero-order valence-corrected chi connectivity index (χ0v) is 20.1. The summed E-state index contributed by atoms with van der Waals surface area (Å²) >= 11 is 6.22. The topological polar surface area (TPSA) is 99.5 Å². The van der Waals surface area contributed by atoms with E-state index in [4.69, 9.17) is 21.6 Å². The highest BCUT2D eigenvalue weighted by atomic mass is 35.5. The molecule has 0 heterocycles. The molecule has 0 saturated carbocycles. The largest absolute Gasteiger partial charge is 0.492 e. The number of hydrogen-bond donors (Lipinski definition) is 1. The van der Waals surface area contributed by atoms with Crippen molar-refractivity contribution < 1.29 is 17.9 Å². The lowest BCUT2D eigenvalue weighted by atomic mass is 10.1. The van der Waals surface area contributed by atoms with Gasteiger partial charge in [-0.15, -0.1) is 0 Å². The summed E-state index contributed by atoms with van der Waals surface area (Å²) < 4.78 is 33.5. The van der Waals surface area contributed by atoms with Crippen LogP contribution in [0.1, 0.15) is 18.1 Å². The van der Waals surface area contributed by atoms with E-state index in [9.17, 15) is 13.2 Å². The van der Waals surface area contributed by atoms with E-state index < -0.39 is 22.5 Å². The molecule has 7 nitrogen and oxygen atoms in total. The number of halogens is 1. The molecule has 0 fully saturated rings. The number of ether oxygens (including phenoxy) is 1. The molecule has 0 unspecified atom stereocenters. The molecule has 9 heteroatoms. The van der Waals surface area contributed by atoms with Gasteiger partial charge in [0.25, 0.3) is 0 Å². The van der Waals surface area contributed by atoms with E-state index in [1.807, 2.05) is 6.07 Å². The second kappa shape index (κ2) is 11.7. The molecule has 0 aliphatic carbocycles. The number of anilines is 1. The van der Waals surface area contributed by atoms with Crippen LogP contribution in [0.2, 0.25) is 5.02 Å². The van der Waals surface area contributed by atoms with Crippen molar-refractivity contribution in [1.82, 2.24) is 4.31 Å².